The summed E-state index contributed by atoms with van der Waals surface area (Å²) < 4.78 is 26.6. The van der Waals surface area contributed by atoms with E-state index in [-0.39, 0.29) is 4.90 Å². The normalized spacial score (nSPS) is 11.3. The zero-order valence-corrected chi connectivity index (χ0v) is 8.13. The second-order valence-electron chi connectivity index (χ2n) is 2.54. The number of hydrogen-bond acceptors (Lipinski definition) is 4. The largest absolute Gasteiger partial charge is 0.481 e. The quantitative estimate of drug-likeness (QED) is 0.734. The molecule has 0 saturated carbocycles. The lowest BCUT2D eigenvalue weighted by molar-refractivity contribution is 0.393. The van der Waals surface area contributed by atoms with Crippen molar-refractivity contribution in [3.05, 3.63) is 17.8 Å². The zero-order chi connectivity index (χ0) is 10.1. The summed E-state index contributed by atoms with van der Waals surface area (Å²) >= 11 is 0. The number of pyridine rings is 1. The fraction of sp³-hybridized carbons (Fsp3) is 0.286. The highest BCUT2D eigenvalue weighted by atomic mass is 32.2. The number of nitrogens with two attached hydrogens (primary N) is 1. The van der Waals surface area contributed by atoms with Gasteiger partial charge in [0.15, 0.2) is 0 Å². The van der Waals surface area contributed by atoms with Crippen LogP contribution in [0.25, 0.3) is 0 Å². The molecule has 0 radical (unpaired) electrons. The average Bonchev–Trinajstić information content (AvgIpc) is 2.02. The Hall–Kier alpha value is -1.14. The van der Waals surface area contributed by atoms with E-state index in [9.17, 15) is 8.42 Å². The molecule has 0 fully saturated rings. The lowest BCUT2D eigenvalue weighted by Crippen LogP contribution is -2.12. The van der Waals surface area contributed by atoms with E-state index in [0.717, 1.165) is 0 Å². The van der Waals surface area contributed by atoms with E-state index in [0.29, 0.717) is 11.4 Å². The molecule has 0 aromatic carbocycles. The first-order valence-electron chi connectivity index (χ1n) is 3.48. The van der Waals surface area contributed by atoms with Crippen LogP contribution in [0.5, 0.6) is 5.88 Å². The number of rotatable bonds is 2. The maximum Gasteiger partial charge on any atom is 0.239 e. The lowest BCUT2D eigenvalue weighted by Gasteiger charge is -2.03. The van der Waals surface area contributed by atoms with Gasteiger partial charge in [-0.05, 0) is 13.0 Å². The van der Waals surface area contributed by atoms with Gasteiger partial charge in [-0.15, -0.1) is 0 Å². The molecular weight excluding hydrogens is 192 g/mol. The van der Waals surface area contributed by atoms with Crippen LogP contribution in [-0.2, 0) is 10.0 Å². The van der Waals surface area contributed by atoms with Crippen molar-refractivity contribution in [3.63, 3.8) is 0 Å². The third-order valence-electron chi connectivity index (χ3n) is 1.53. The molecule has 0 saturated heterocycles. The molecule has 0 atom stereocenters. The molecule has 0 unspecified atom stereocenters. The molecular formula is C7H10N2O3S. The van der Waals surface area contributed by atoms with Crippen molar-refractivity contribution in [2.45, 2.75) is 11.8 Å². The van der Waals surface area contributed by atoms with E-state index in [1.54, 1.807) is 6.92 Å². The highest BCUT2D eigenvalue weighted by Gasteiger charge is 2.10. The summed E-state index contributed by atoms with van der Waals surface area (Å²) in [7, 11) is -2.20. The molecule has 0 aliphatic rings. The van der Waals surface area contributed by atoms with E-state index in [1.807, 2.05) is 0 Å². The average molecular weight is 202 g/mol. The summed E-state index contributed by atoms with van der Waals surface area (Å²) in [5, 5.41) is 4.91. The summed E-state index contributed by atoms with van der Waals surface area (Å²) in [5.41, 5.74) is 0.633. The van der Waals surface area contributed by atoms with Crippen LogP contribution in [0.2, 0.25) is 0 Å². The Morgan fingerprint density at radius 3 is 2.54 bits per heavy atom. The van der Waals surface area contributed by atoms with Crippen LogP contribution in [0.4, 0.5) is 0 Å². The Kier molecular flexibility index (Phi) is 2.53. The van der Waals surface area contributed by atoms with Crippen molar-refractivity contribution < 1.29 is 13.2 Å². The summed E-state index contributed by atoms with van der Waals surface area (Å²) in [5.74, 6) is 0.396. The molecule has 0 aliphatic heterocycles. The van der Waals surface area contributed by atoms with Crippen LogP contribution in [0.1, 0.15) is 5.56 Å². The summed E-state index contributed by atoms with van der Waals surface area (Å²) in [4.78, 5) is 3.77. The number of sulfonamides is 1. The molecule has 0 amide bonds. The van der Waals surface area contributed by atoms with Gasteiger partial charge in [-0.25, -0.2) is 18.5 Å². The van der Waals surface area contributed by atoms with Gasteiger partial charge in [0.2, 0.25) is 15.9 Å². The Labute approximate surface area is 76.6 Å². The highest BCUT2D eigenvalue weighted by Crippen LogP contribution is 2.16. The first-order chi connectivity index (χ1) is 5.95. The van der Waals surface area contributed by atoms with Gasteiger partial charge < -0.3 is 4.74 Å². The van der Waals surface area contributed by atoms with E-state index >= 15 is 0 Å². The smallest absolute Gasteiger partial charge is 0.239 e. The minimum atomic E-state index is -3.67. The van der Waals surface area contributed by atoms with Gasteiger partial charge in [0, 0.05) is 5.56 Å². The van der Waals surface area contributed by atoms with Gasteiger partial charge >= 0.3 is 0 Å². The van der Waals surface area contributed by atoms with Crippen molar-refractivity contribution in [2.24, 2.45) is 5.14 Å². The van der Waals surface area contributed by atoms with Crippen LogP contribution in [0, 0.1) is 6.92 Å². The number of aryl methyl sites for hydroxylation is 1. The van der Waals surface area contributed by atoms with Crippen molar-refractivity contribution in [3.8, 4) is 5.88 Å². The van der Waals surface area contributed by atoms with Crippen LogP contribution < -0.4 is 9.88 Å². The topological polar surface area (TPSA) is 82.3 Å². The number of hydrogen-bond donors (Lipinski definition) is 1. The molecule has 0 spiro atoms. The third-order valence-corrected chi connectivity index (χ3v) is 2.41. The predicted molar refractivity (Wildman–Crippen MR) is 46.9 cm³/mol. The first kappa shape index (κ1) is 9.94. The van der Waals surface area contributed by atoms with Gasteiger partial charge in [0.1, 0.15) is 4.90 Å². The molecule has 0 bridgehead atoms. The monoisotopic (exact) mass is 202 g/mol. The number of nitrogens with zero attached hydrogens (tertiary/aromatic N) is 1. The van der Waals surface area contributed by atoms with Crippen molar-refractivity contribution in [1.82, 2.24) is 4.98 Å². The van der Waals surface area contributed by atoms with Gasteiger partial charge in [-0.2, -0.15) is 0 Å². The molecule has 72 valence electrons. The Bertz CT molecular complexity index is 414. The van der Waals surface area contributed by atoms with Crippen LogP contribution in [0.15, 0.2) is 17.2 Å². The number of ether oxygens (including phenoxy) is 1. The zero-order valence-electron chi connectivity index (χ0n) is 7.31. The molecule has 6 heteroatoms. The minimum Gasteiger partial charge on any atom is -0.481 e. The molecule has 1 aromatic rings. The standard InChI is InChI=1S/C7H10N2O3S/c1-5-3-6(13(8,10)11)4-9-7(5)12-2/h3-4H,1-2H3,(H2,8,10,11). The van der Waals surface area contributed by atoms with Crippen molar-refractivity contribution in [2.75, 3.05) is 7.11 Å². The molecule has 1 rings (SSSR count). The Balaban J connectivity index is 3.26. The fourth-order valence-electron chi connectivity index (χ4n) is 0.906. The lowest BCUT2D eigenvalue weighted by atomic mass is 10.3. The number of aromatic nitrogens is 1. The molecule has 0 aliphatic carbocycles. The first-order valence-corrected chi connectivity index (χ1v) is 5.03. The number of methoxy groups -OCH3 is 1. The van der Waals surface area contributed by atoms with E-state index in [4.69, 9.17) is 9.88 Å². The van der Waals surface area contributed by atoms with E-state index < -0.39 is 10.0 Å². The van der Waals surface area contributed by atoms with Gasteiger partial charge in [-0.1, -0.05) is 0 Å². The fourth-order valence-corrected chi connectivity index (χ4v) is 1.45. The maximum absolute atomic E-state index is 10.9. The second-order valence-corrected chi connectivity index (χ2v) is 4.10. The van der Waals surface area contributed by atoms with Crippen LogP contribution >= 0.6 is 0 Å². The van der Waals surface area contributed by atoms with Crippen LogP contribution in [0.3, 0.4) is 0 Å². The maximum atomic E-state index is 10.9. The summed E-state index contributed by atoms with van der Waals surface area (Å²) in [6, 6.07) is 1.42. The van der Waals surface area contributed by atoms with Crippen molar-refractivity contribution >= 4 is 10.0 Å². The van der Waals surface area contributed by atoms with Crippen LogP contribution in [-0.4, -0.2) is 20.5 Å². The van der Waals surface area contributed by atoms with E-state index in [2.05, 4.69) is 4.98 Å². The van der Waals surface area contributed by atoms with Crippen molar-refractivity contribution in [1.29, 1.82) is 0 Å². The highest BCUT2D eigenvalue weighted by molar-refractivity contribution is 7.89. The number of primary sulfonamides is 1. The molecule has 5 nitrogen and oxygen atoms in total. The van der Waals surface area contributed by atoms with E-state index in [1.165, 1.54) is 19.4 Å². The van der Waals surface area contributed by atoms with Gasteiger partial charge in [0.25, 0.3) is 0 Å². The molecule has 2 N–H and O–H groups in total. The summed E-state index contributed by atoms with van der Waals surface area (Å²) in [6.07, 6.45) is 1.17. The molecule has 1 aromatic heterocycles. The summed E-state index contributed by atoms with van der Waals surface area (Å²) in [6.45, 7) is 1.69. The van der Waals surface area contributed by atoms with Gasteiger partial charge in [-0.3, -0.25) is 0 Å². The minimum absolute atomic E-state index is 0.00852. The Morgan fingerprint density at radius 1 is 1.54 bits per heavy atom. The Morgan fingerprint density at radius 2 is 2.15 bits per heavy atom. The SMILES string of the molecule is COc1ncc(S(N)(=O)=O)cc1C. The third kappa shape index (κ3) is 2.16. The molecule has 1 heterocycles. The molecule has 13 heavy (non-hydrogen) atoms. The second kappa shape index (κ2) is 3.31. The van der Waals surface area contributed by atoms with Gasteiger partial charge in [0.05, 0.1) is 13.3 Å². The predicted octanol–water partition coefficient (Wildman–Crippen LogP) is 0.0460.